The molecule has 17 heavy (non-hydrogen) atoms. The lowest BCUT2D eigenvalue weighted by Crippen LogP contribution is -2.15. The fourth-order valence-corrected chi connectivity index (χ4v) is 4.69. The van der Waals surface area contributed by atoms with Crippen molar-refractivity contribution < 1.29 is 4.42 Å². The van der Waals surface area contributed by atoms with E-state index in [2.05, 4.69) is 11.4 Å². The van der Waals surface area contributed by atoms with Gasteiger partial charge in [0.05, 0.1) is 6.26 Å². The number of furan rings is 1. The highest BCUT2D eigenvalue weighted by Crippen LogP contribution is 2.36. The molecule has 2 nitrogen and oxygen atoms in total. The van der Waals surface area contributed by atoms with Crippen molar-refractivity contribution in [2.24, 2.45) is 0 Å². The Hall–Kier alpha value is -0.710. The van der Waals surface area contributed by atoms with Crippen molar-refractivity contribution in [3.63, 3.8) is 0 Å². The van der Waals surface area contributed by atoms with Gasteiger partial charge in [-0.2, -0.15) is 11.8 Å². The highest BCUT2D eigenvalue weighted by atomic mass is 32.2. The summed E-state index contributed by atoms with van der Waals surface area (Å²) in [6, 6.07) is 6.53. The summed E-state index contributed by atoms with van der Waals surface area (Å²) in [5, 5.41) is 3.34. The van der Waals surface area contributed by atoms with Gasteiger partial charge in [-0.05, 0) is 43.0 Å². The van der Waals surface area contributed by atoms with Crippen molar-refractivity contribution in [2.75, 3.05) is 12.8 Å². The van der Waals surface area contributed by atoms with E-state index >= 15 is 0 Å². The summed E-state index contributed by atoms with van der Waals surface area (Å²) in [6.07, 6.45) is 2.96. The number of hydrogen-bond donors (Lipinski definition) is 1. The second-order valence-electron chi connectivity index (χ2n) is 4.14. The number of thiophene rings is 1. The summed E-state index contributed by atoms with van der Waals surface area (Å²) in [4.78, 5) is 2.93. The Balaban J connectivity index is 1.94. The summed E-state index contributed by atoms with van der Waals surface area (Å²) in [5.74, 6) is 3.43. The zero-order valence-electron chi connectivity index (χ0n) is 9.73. The van der Waals surface area contributed by atoms with Crippen molar-refractivity contribution in [1.82, 2.24) is 5.32 Å². The van der Waals surface area contributed by atoms with E-state index in [1.807, 2.05) is 42.3 Å². The molecule has 3 rings (SSSR count). The molecule has 0 aliphatic carbocycles. The third kappa shape index (κ3) is 2.17. The highest BCUT2D eigenvalue weighted by molar-refractivity contribution is 7.98. The van der Waals surface area contributed by atoms with Gasteiger partial charge in [0.1, 0.15) is 11.8 Å². The fraction of sp³-hybridized carbons (Fsp3) is 0.385. The average molecular weight is 265 g/mol. The topological polar surface area (TPSA) is 25.2 Å². The minimum Gasteiger partial charge on any atom is -0.467 e. The summed E-state index contributed by atoms with van der Waals surface area (Å²) in [5.41, 5.74) is 1.52. The van der Waals surface area contributed by atoms with Crippen molar-refractivity contribution in [3.8, 4) is 0 Å². The van der Waals surface area contributed by atoms with Crippen LogP contribution in [0.3, 0.4) is 0 Å². The van der Waals surface area contributed by atoms with Gasteiger partial charge in [-0.25, -0.2) is 0 Å². The smallest absolute Gasteiger partial charge is 0.126 e. The van der Waals surface area contributed by atoms with Gasteiger partial charge >= 0.3 is 0 Å². The maximum Gasteiger partial charge on any atom is 0.126 e. The lowest BCUT2D eigenvalue weighted by molar-refractivity contribution is 0.466. The van der Waals surface area contributed by atoms with Crippen LogP contribution in [0.2, 0.25) is 0 Å². The highest BCUT2D eigenvalue weighted by Gasteiger charge is 2.21. The van der Waals surface area contributed by atoms with Crippen LogP contribution in [0.5, 0.6) is 0 Å². The Morgan fingerprint density at radius 1 is 1.47 bits per heavy atom. The average Bonchev–Trinajstić information content (AvgIpc) is 2.98. The van der Waals surface area contributed by atoms with Crippen LogP contribution in [0.1, 0.15) is 27.1 Å². The van der Waals surface area contributed by atoms with E-state index in [-0.39, 0.29) is 6.04 Å². The number of hydrogen-bond acceptors (Lipinski definition) is 4. The second-order valence-corrected chi connectivity index (χ2v) is 6.41. The lowest BCUT2D eigenvalue weighted by atomic mass is 10.1. The molecule has 0 radical (unpaired) electrons. The van der Waals surface area contributed by atoms with Crippen LogP contribution < -0.4 is 5.32 Å². The van der Waals surface area contributed by atoms with E-state index in [0.717, 1.165) is 5.76 Å². The predicted molar refractivity (Wildman–Crippen MR) is 73.8 cm³/mol. The molecule has 0 saturated carbocycles. The van der Waals surface area contributed by atoms with Gasteiger partial charge in [0, 0.05) is 15.5 Å². The largest absolute Gasteiger partial charge is 0.467 e. The quantitative estimate of drug-likeness (QED) is 0.920. The molecule has 0 fully saturated rings. The van der Waals surface area contributed by atoms with E-state index < -0.39 is 0 Å². The zero-order valence-corrected chi connectivity index (χ0v) is 11.4. The Morgan fingerprint density at radius 3 is 3.12 bits per heavy atom. The molecule has 0 aromatic carbocycles. The Labute approximate surface area is 109 Å². The first-order valence-corrected chi connectivity index (χ1v) is 7.75. The molecular formula is C13H15NOS2. The number of nitrogens with one attached hydrogen (secondary N) is 1. The number of rotatable bonds is 3. The van der Waals surface area contributed by atoms with Crippen LogP contribution in [0.15, 0.2) is 28.9 Å². The number of fused-ring (bicyclic) bond motifs is 1. The van der Waals surface area contributed by atoms with Crippen LogP contribution in [0.4, 0.5) is 0 Å². The predicted octanol–water partition coefficient (Wildman–Crippen LogP) is 3.44. The van der Waals surface area contributed by atoms with Gasteiger partial charge in [0.2, 0.25) is 0 Å². The van der Waals surface area contributed by atoms with Gasteiger partial charge in [-0.15, -0.1) is 11.3 Å². The van der Waals surface area contributed by atoms with Crippen molar-refractivity contribution in [3.05, 3.63) is 45.5 Å². The molecule has 2 aromatic heterocycles. The first-order valence-electron chi connectivity index (χ1n) is 5.78. The van der Waals surface area contributed by atoms with Gasteiger partial charge in [0.25, 0.3) is 0 Å². The van der Waals surface area contributed by atoms with Crippen LogP contribution in [-0.4, -0.2) is 12.8 Å². The molecule has 2 aromatic rings. The summed E-state index contributed by atoms with van der Waals surface area (Å²) < 4.78 is 5.51. The lowest BCUT2D eigenvalue weighted by Gasteiger charge is -2.10. The summed E-state index contributed by atoms with van der Waals surface area (Å²) >= 11 is 3.96. The van der Waals surface area contributed by atoms with Crippen LogP contribution >= 0.6 is 23.1 Å². The standard InChI is InChI=1S/C13H15NOS2/c1-14-13(10-3-2-5-15-10)12-7-9-8-16-6-4-11(9)17-12/h2-3,5,7,13-14H,4,6,8H2,1H3. The van der Waals surface area contributed by atoms with E-state index in [1.165, 1.54) is 28.4 Å². The first-order chi connectivity index (χ1) is 8.38. The minimum atomic E-state index is 0.200. The fourth-order valence-electron chi connectivity index (χ4n) is 2.19. The number of thioether (sulfide) groups is 1. The zero-order chi connectivity index (χ0) is 11.7. The molecule has 0 spiro atoms. The molecule has 1 unspecified atom stereocenters. The third-order valence-electron chi connectivity index (χ3n) is 3.05. The van der Waals surface area contributed by atoms with E-state index in [9.17, 15) is 0 Å². The van der Waals surface area contributed by atoms with Gasteiger partial charge in [0.15, 0.2) is 0 Å². The molecule has 3 heterocycles. The second kappa shape index (κ2) is 4.88. The summed E-state index contributed by atoms with van der Waals surface area (Å²) in [7, 11) is 1.99. The van der Waals surface area contributed by atoms with Crippen molar-refractivity contribution in [2.45, 2.75) is 18.2 Å². The SMILES string of the molecule is CNC(c1ccco1)c1cc2c(s1)CCSC2. The van der Waals surface area contributed by atoms with E-state index in [0.29, 0.717) is 0 Å². The Morgan fingerprint density at radius 2 is 2.41 bits per heavy atom. The molecule has 4 heteroatoms. The third-order valence-corrected chi connectivity index (χ3v) is 5.36. The van der Waals surface area contributed by atoms with Gasteiger partial charge in [-0.1, -0.05) is 0 Å². The molecule has 0 amide bonds. The van der Waals surface area contributed by atoms with Crippen LogP contribution in [-0.2, 0) is 12.2 Å². The maximum absolute atomic E-state index is 5.51. The Kier molecular flexibility index (Phi) is 3.27. The Bertz CT molecular complexity index is 466. The molecule has 0 bridgehead atoms. The molecular weight excluding hydrogens is 250 g/mol. The van der Waals surface area contributed by atoms with Gasteiger partial charge in [-0.3, -0.25) is 0 Å². The molecule has 1 aliphatic rings. The molecule has 1 aliphatic heterocycles. The van der Waals surface area contributed by atoms with E-state index in [1.54, 1.807) is 11.1 Å². The van der Waals surface area contributed by atoms with Crippen LogP contribution in [0, 0.1) is 0 Å². The molecule has 0 saturated heterocycles. The minimum absolute atomic E-state index is 0.200. The monoisotopic (exact) mass is 265 g/mol. The molecule has 1 N–H and O–H groups in total. The van der Waals surface area contributed by atoms with Crippen molar-refractivity contribution >= 4 is 23.1 Å². The number of aryl methyl sites for hydroxylation is 1. The normalized spacial score (nSPS) is 16.8. The van der Waals surface area contributed by atoms with Crippen LogP contribution in [0.25, 0.3) is 0 Å². The summed E-state index contributed by atoms with van der Waals surface area (Å²) in [6.45, 7) is 0. The first kappa shape index (κ1) is 11.4. The molecule has 90 valence electrons. The van der Waals surface area contributed by atoms with Gasteiger partial charge < -0.3 is 9.73 Å². The molecule has 1 atom stereocenters. The van der Waals surface area contributed by atoms with Crippen molar-refractivity contribution in [1.29, 1.82) is 0 Å². The maximum atomic E-state index is 5.51. The van der Waals surface area contributed by atoms with E-state index in [4.69, 9.17) is 4.42 Å².